The Morgan fingerprint density at radius 2 is 1.94 bits per heavy atom. The number of methoxy groups -OCH3 is 1. The monoisotopic (exact) mass is 245 g/mol. The van der Waals surface area contributed by atoms with Gasteiger partial charge in [0.25, 0.3) is 0 Å². The highest BCUT2D eigenvalue weighted by Gasteiger charge is 2.41. The average molecular weight is 245 g/mol. The van der Waals surface area contributed by atoms with Crippen LogP contribution in [0.5, 0.6) is 0 Å². The molecule has 1 aliphatic heterocycles. The van der Waals surface area contributed by atoms with Crippen molar-refractivity contribution in [2.75, 3.05) is 13.7 Å². The third-order valence-corrected chi connectivity index (χ3v) is 2.38. The third-order valence-electron chi connectivity index (χ3n) is 2.38. The first-order valence-electron chi connectivity index (χ1n) is 5.50. The molecule has 0 aromatic rings. The minimum Gasteiger partial charge on any atom is -0.467 e. The molecule has 1 amide bonds. The van der Waals surface area contributed by atoms with Crippen LogP contribution in [-0.2, 0) is 14.3 Å². The van der Waals surface area contributed by atoms with Crippen molar-refractivity contribution in [1.29, 1.82) is 0 Å². The van der Waals surface area contributed by atoms with Crippen LogP contribution in [0.15, 0.2) is 0 Å². The van der Waals surface area contributed by atoms with Crippen molar-refractivity contribution in [2.24, 2.45) is 0 Å². The van der Waals surface area contributed by atoms with Crippen LogP contribution in [0, 0.1) is 0 Å². The fourth-order valence-corrected chi connectivity index (χ4v) is 1.70. The number of carbonyl (C=O) groups is 2. The Bertz CT molecular complexity index is 309. The molecule has 17 heavy (non-hydrogen) atoms. The Morgan fingerprint density at radius 3 is 2.41 bits per heavy atom. The van der Waals surface area contributed by atoms with Crippen molar-refractivity contribution in [1.82, 2.24) is 4.90 Å². The number of hydrogen-bond donors (Lipinski definition) is 1. The molecule has 1 saturated heterocycles. The zero-order valence-electron chi connectivity index (χ0n) is 10.6. The summed E-state index contributed by atoms with van der Waals surface area (Å²) >= 11 is 0. The number of amides is 1. The van der Waals surface area contributed by atoms with Crippen LogP contribution >= 0.6 is 0 Å². The molecular formula is C11H19NO5. The molecule has 1 N–H and O–H groups in total. The van der Waals surface area contributed by atoms with E-state index < -0.39 is 29.8 Å². The van der Waals surface area contributed by atoms with Gasteiger partial charge in [-0.15, -0.1) is 0 Å². The Balaban J connectivity index is 2.73. The number of ether oxygens (including phenoxy) is 2. The molecule has 0 saturated carbocycles. The quantitative estimate of drug-likeness (QED) is 0.682. The number of likely N-dealkylation sites (tertiary alicyclic amines) is 1. The first kappa shape index (κ1) is 13.8. The summed E-state index contributed by atoms with van der Waals surface area (Å²) in [6.45, 7) is 5.31. The van der Waals surface area contributed by atoms with Gasteiger partial charge in [0.1, 0.15) is 11.6 Å². The molecule has 0 radical (unpaired) electrons. The van der Waals surface area contributed by atoms with Gasteiger partial charge >= 0.3 is 12.1 Å². The molecule has 0 aromatic heterocycles. The molecule has 0 aromatic carbocycles. The Kier molecular flexibility index (Phi) is 3.98. The number of carbonyl (C=O) groups excluding carboxylic acids is 2. The van der Waals surface area contributed by atoms with Gasteiger partial charge in [-0.2, -0.15) is 0 Å². The summed E-state index contributed by atoms with van der Waals surface area (Å²) in [7, 11) is 1.25. The molecule has 2 atom stereocenters. The first-order chi connectivity index (χ1) is 7.74. The summed E-state index contributed by atoms with van der Waals surface area (Å²) < 4.78 is 9.76. The van der Waals surface area contributed by atoms with Crippen molar-refractivity contribution in [3.8, 4) is 0 Å². The molecule has 98 valence electrons. The molecular weight excluding hydrogens is 226 g/mol. The average Bonchev–Trinajstić information content (AvgIpc) is 2.56. The van der Waals surface area contributed by atoms with E-state index in [0.29, 0.717) is 0 Å². The minimum absolute atomic E-state index is 0.0919. The van der Waals surface area contributed by atoms with E-state index in [1.54, 1.807) is 20.8 Å². The summed E-state index contributed by atoms with van der Waals surface area (Å²) in [5, 5.41) is 9.50. The van der Waals surface area contributed by atoms with Gasteiger partial charge in [0.2, 0.25) is 0 Å². The number of aliphatic hydroxyl groups excluding tert-OH is 1. The maximum atomic E-state index is 11.8. The smallest absolute Gasteiger partial charge is 0.411 e. The summed E-state index contributed by atoms with van der Waals surface area (Å²) in [6, 6.07) is -0.759. The molecule has 1 heterocycles. The van der Waals surface area contributed by atoms with Crippen LogP contribution in [0.2, 0.25) is 0 Å². The molecule has 1 rings (SSSR count). The lowest BCUT2D eigenvalue weighted by atomic mass is 10.2. The lowest BCUT2D eigenvalue weighted by Crippen LogP contribution is -2.43. The predicted octanol–water partition coefficient (Wildman–Crippen LogP) is 0.530. The fourth-order valence-electron chi connectivity index (χ4n) is 1.70. The van der Waals surface area contributed by atoms with Crippen LogP contribution in [-0.4, -0.2) is 53.5 Å². The van der Waals surface area contributed by atoms with Crippen LogP contribution in [0.3, 0.4) is 0 Å². The third kappa shape index (κ3) is 3.59. The number of β-amino-alcohol motifs (C(OH)–C–C–N with tert-alkyl or cyclic N) is 1. The largest absolute Gasteiger partial charge is 0.467 e. The normalized spacial score (nSPS) is 24.6. The summed E-state index contributed by atoms with van der Waals surface area (Å²) in [6.07, 6.45) is -1.14. The van der Waals surface area contributed by atoms with Gasteiger partial charge in [0, 0.05) is 6.42 Å². The van der Waals surface area contributed by atoms with Gasteiger partial charge in [-0.25, -0.2) is 9.59 Å². The summed E-state index contributed by atoms with van der Waals surface area (Å²) in [5.41, 5.74) is -0.634. The standard InChI is InChI=1S/C11H19NO5/c1-11(2,3)17-10(15)12-6-7(13)5-8(12)9(14)16-4/h7-8,13H,5-6H2,1-4H3/t7?,8-/m1/s1. The number of nitrogens with zero attached hydrogens (tertiary/aromatic N) is 1. The second-order valence-corrected chi connectivity index (χ2v) is 5.06. The van der Waals surface area contributed by atoms with E-state index in [9.17, 15) is 14.7 Å². The van der Waals surface area contributed by atoms with E-state index in [0.717, 1.165) is 0 Å². The molecule has 1 fully saturated rings. The number of rotatable bonds is 1. The molecule has 0 aliphatic carbocycles. The molecule has 0 bridgehead atoms. The highest BCUT2D eigenvalue weighted by Crippen LogP contribution is 2.22. The van der Waals surface area contributed by atoms with E-state index in [2.05, 4.69) is 4.74 Å². The maximum Gasteiger partial charge on any atom is 0.411 e. The van der Waals surface area contributed by atoms with Gasteiger partial charge in [-0.3, -0.25) is 4.90 Å². The van der Waals surface area contributed by atoms with Gasteiger partial charge < -0.3 is 14.6 Å². The van der Waals surface area contributed by atoms with Crippen molar-refractivity contribution < 1.29 is 24.2 Å². The lowest BCUT2D eigenvalue weighted by molar-refractivity contribution is -0.145. The topological polar surface area (TPSA) is 76.1 Å². The number of hydrogen-bond acceptors (Lipinski definition) is 5. The Labute approximate surface area is 100 Å². The van der Waals surface area contributed by atoms with Crippen LogP contribution in [0.1, 0.15) is 27.2 Å². The van der Waals surface area contributed by atoms with Gasteiger partial charge in [0.05, 0.1) is 19.8 Å². The summed E-state index contributed by atoms with van der Waals surface area (Å²) in [4.78, 5) is 24.5. The highest BCUT2D eigenvalue weighted by molar-refractivity contribution is 5.82. The van der Waals surface area contributed by atoms with E-state index in [4.69, 9.17) is 4.74 Å². The number of esters is 1. The summed E-state index contributed by atoms with van der Waals surface area (Å²) in [5.74, 6) is -0.535. The first-order valence-corrected chi connectivity index (χ1v) is 5.50. The molecule has 6 heteroatoms. The minimum atomic E-state index is -0.759. The molecule has 6 nitrogen and oxygen atoms in total. The van der Waals surface area contributed by atoms with E-state index in [-0.39, 0.29) is 13.0 Å². The van der Waals surface area contributed by atoms with E-state index >= 15 is 0 Å². The van der Waals surface area contributed by atoms with Crippen molar-refractivity contribution in [3.63, 3.8) is 0 Å². The van der Waals surface area contributed by atoms with Crippen LogP contribution in [0.25, 0.3) is 0 Å². The zero-order valence-corrected chi connectivity index (χ0v) is 10.6. The Hall–Kier alpha value is -1.30. The second kappa shape index (κ2) is 4.91. The van der Waals surface area contributed by atoms with Gasteiger partial charge in [-0.1, -0.05) is 0 Å². The highest BCUT2D eigenvalue weighted by atomic mass is 16.6. The van der Waals surface area contributed by atoms with Gasteiger partial charge in [-0.05, 0) is 20.8 Å². The van der Waals surface area contributed by atoms with E-state index in [1.807, 2.05) is 0 Å². The van der Waals surface area contributed by atoms with Crippen LogP contribution < -0.4 is 0 Å². The van der Waals surface area contributed by atoms with Crippen molar-refractivity contribution in [3.05, 3.63) is 0 Å². The SMILES string of the molecule is COC(=O)[C@H]1CC(O)CN1C(=O)OC(C)(C)C. The van der Waals surface area contributed by atoms with Crippen LogP contribution in [0.4, 0.5) is 4.79 Å². The fraction of sp³-hybridized carbons (Fsp3) is 0.818. The predicted molar refractivity (Wildman–Crippen MR) is 59.4 cm³/mol. The van der Waals surface area contributed by atoms with Crippen molar-refractivity contribution >= 4 is 12.1 Å². The zero-order chi connectivity index (χ0) is 13.2. The molecule has 0 spiro atoms. The molecule has 1 aliphatic rings. The Morgan fingerprint density at radius 1 is 1.35 bits per heavy atom. The van der Waals surface area contributed by atoms with E-state index in [1.165, 1.54) is 12.0 Å². The number of aliphatic hydroxyl groups is 1. The lowest BCUT2D eigenvalue weighted by Gasteiger charge is -2.27. The van der Waals surface area contributed by atoms with Gasteiger partial charge in [0.15, 0.2) is 0 Å². The maximum absolute atomic E-state index is 11.8. The van der Waals surface area contributed by atoms with Crippen molar-refractivity contribution in [2.45, 2.75) is 44.9 Å². The second-order valence-electron chi connectivity index (χ2n) is 5.06. The molecule has 1 unspecified atom stereocenters.